The molecule has 0 aromatic rings. The molecule has 0 atom stereocenters. The lowest BCUT2D eigenvalue weighted by Gasteiger charge is -1.97. The maximum atomic E-state index is 9.69. The van der Waals surface area contributed by atoms with Crippen LogP contribution >= 0.6 is 0 Å². The summed E-state index contributed by atoms with van der Waals surface area (Å²) in [6.07, 6.45) is 11.2. The minimum atomic E-state index is 0.664. The van der Waals surface area contributed by atoms with E-state index in [4.69, 9.17) is 10.2 Å². The van der Waals surface area contributed by atoms with Crippen LogP contribution < -0.4 is 0 Å². The second-order valence-corrected chi connectivity index (χ2v) is 3.20. The van der Waals surface area contributed by atoms with Crippen molar-refractivity contribution in [1.82, 2.24) is 0 Å². The summed E-state index contributed by atoms with van der Waals surface area (Å²) in [6, 6.07) is 0. The van der Waals surface area contributed by atoms with Gasteiger partial charge < -0.3 is 0 Å². The Bertz CT molecular complexity index is 193. The Labute approximate surface area is 91.3 Å². The van der Waals surface area contributed by atoms with E-state index >= 15 is 0 Å². The second-order valence-electron chi connectivity index (χ2n) is 3.20. The van der Waals surface area contributed by atoms with E-state index in [2.05, 4.69) is 11.9 Å². The fourth-order valence-corrected chi connectivity index (χ4v) is 1.19. The molecule has 0 aromatic heterocycles. The number of hydrogen-bond acceptors (Lipinski definition) is 4. The van der Waals surface area contributed by atoms with Crippen LogP contribution in [0.5, 0.6) is 0 Å². The van der Waals surface area contributed by atoms with Crippen LogP contribution in [0.15, 0.2) is 4.99 Å². The Morgan fingerprint density at radius 1 is 1.00 bits per heavy atom. The van der Waals surface area contributed by atoms with Crippen molar-refractivity contribution < 1.29 is 9.59 Å². The summed E-state index contributed by atoms with van der Waals surface area (Å²) >= 11 is 0. The lowest BCUT2D eigenvalue weighted by Crippen LogP contribution is -1.82. The monoisotopic (exact) mass is 212 g/mol. The lowest BCUT2D eigenvalue weighted by atomic mass is 10.1. The third-order valence-electron chi connectivity index (χ3n) is 1.94. The van der Waals surface area contributed by atoms with Gasteiger partial charge in [0, 0.05) is 0 Å². The van der Waals surface area contributed by atoms with E-state index in [0.717, 1.165) is 12.5 Å². The molecule has 0 saturated heterocycles. The Balaban J connectivity index is 0. The molecular formula is C11H20N2O2. The number of aliphatic imine (C=N–C) groups is 1. The molecule has 0 radical (unpaired) electrons. The highest BCUT2D eigenvalue weighted by atomic mass is 16.1. The number of isocyanates is 2. The van der Waals surface area contributed by atoms with Crippen LogP contribution in [-0.2, 0) is 9.59 Å². The molecule has 0 heterocycles. The van der Waals surface area contributed by atoms with Crippen LogP contribution in [0, 0.1) is 5.41 Å². The Morgan fingerprint density at radius 2 is 1.47 bits per heavy atom. The van der Waals surface area contributed by atoms with Crippen molar-refractivity contribution in [3.05, 3.63) is 0 Å². The first-order valence-electron chi connectivity index (χ1n) is 5.41. The van der Waals surface area contributed by atoms with Gasteiger partial charge in [-0.05, 0) is 6.42 Å². The first-order valence-corrected chi connectivity index (χ1v) is 5.41. The summed E-state index contributed by atoms with van der Waals surface area (Å²) in [7, 11) is 0. The van der Waals surface area contributed by atoms with E-state index in [1.54, 1.807) is 6.08 Å². The van der Waals surface area contributed by atoms with E-state index in [1.165, 1.54) is 38.5 Å². The van der Waals surface area contributed by atoms with Gasteiger partial charge in [-0.3, -0.25) is 0 Å². The smallest absolute Gasteiger partial charge is 0.222 e. The van der Waals surface area contributed by atoms with Gasteiger partial charge in [-0.2, -0.15) is 0 Å². The molecule has 0 unspecified atom stereocenters. The number of rotatable bonds is 8. The van der Waals surface area contributed by atoms with Gasteiger partial charge in [-0.1, -0.05) is 45.4 Å². The minimum Gasteiger partial charge on any atom is -0.222 e. The summed E-state index contributed by atoms with van der Waals surface area (Å²) in [5.74, 6) is 0. The molecule has 0 rings (SSSR count). The third kappa shape index (κ3) is 24.5. The standard InChI is InChI=1S/C10H19NO.CHNO/c1-2-3-4-5-6-7-8-9-11-10-12;2-1-3/h2-9H2,1H3;2H. The van der Waals surface area contributed by atoms with E-state index in [-0.39, 0.29) is 0 Å². The van der Waals surface area contributed by atoms with Gasteiger partial charge in [0.25, 0.3) is 0 Å². The van der Waals surface area contributed by atoms with Crippen LogP contribution in [0.4, 0.5) is 0 Å². The van der Waals surface area contributed by atoms with Crippen molar-refractivity contribution in [2.24, 2.45) is 4.99 Å². The maximum Gasteiger partial charge on any atom is 0.234 e. The summed E-state index contributed by atoms with van der Waals surface area (Å²) in [6.45, 7) is 2.88. The minimum absolute atomic E-state index is 0.664. The normalized spacial score (nSPS) is 8.07. The lowest BCUT2D eigenvalue weighted by molar-refractivity contribution is 0.559. The molecule has 4 heteroatoms. The molecule has 15 heavy (non-hydrogen) atoms. The third-order valence-corrected chi connectivity index (χ3v) is 1.94. The van der Waals surface area contributed by atoms with Gasteiger partial charge in [0.1, 0.15) is 0 Å². The first-order chi connectivity index (χ1) is 7.33. The number of nitrogens with zero attached hydrogens (tertiary/aromatic N) is 1. The molecule has 0 spiro atoms. The van der Waals surface area contributed by atoms with Crippen LogP contribution in [-0.4, -0.2) is 18.7 Å². The average Bonchev–Trinajstić information content (AvgIpc) is 2.23. The predicted molar refractivity (Wildman–Crippen MR) is 59.4 cm³/mol. The maximum absolute atomic E-state index is 9.69. The molecule has 1 N–H and O–H groups in total. The van der Waals surface area contributed by atoms with Crippen molar-refractivity contribution in [3.8, 4) is 0 Å². The SMILES string of the molecule is CCCCCCCCCN=C=O.N=C=O. The Kier molecular flexibility index (Phi) is 20.0. The highest BCUT2D eigenvalue weighted by Crippen LogP contribution is 2.06. The number of hydrogen-bond donors (Lipinski definition) is 1. The molecule has 0 aliphatic heterocycles. The van der Waals surface area contributed by atoms with Gasteiger partial charge in [-0.25, -0.2) is 20.0 Å². The zero-order valence-electron chi connectivity index (χ0n) is 9.42. The highest BCUT2D eigenvalue weighted by Gasteiger charge is 1.89. The predicted octanol–water partition coefficient (Wildman–Crippen LogP) is 2.97. The van der Waals surface area contributed by atoms with Crippen molar-refractivity contribution in [2.45, 2.75) is 51.9 Å². The van der Waals surface area contributed by atoms with E-state index in [9.17, 15) is 4.79 Å². The summed E-state index contributed by atoms with van der Waals surface area (Å²) < 4.78 is 0. The molecular weight excluding hydrogens is 192 g/mol. The molecule has 0 bridgehead atoms. The molecule has 0 fully saturated rings. The fraction of sp³-hybridized carbons (Fsp3) is 0.818. The van der Waals surface area contributed by atoms with Crippen LogP contribution in [0.3, 0.4) is 0 Å². The molecule has 4 nitrogen and oxygen atoms in total. The quantitative estimate of drug-likeness (QED) is 0.381. The molecule has 0 amide bonds. The van der Waals surface area contributed by atoms with Crippen LogP contribution in [0.2, 0.25) is 0 Å². The van der Waals surface area contributed by atoms with Crippen LogP contribution in [0.25, 0.3) is 0 Å². The second kappa shape index (κ2) is 18.5. The molecule has 0 aromatic carbocycles. The summed E-state index contributed by atoms with van der Waals surface area (Å²) in [5.41, 5.74) is 0. The van der Waals surface area contributed by atoms with Gasteiger partial charge >= 0.3 is 0 Å². The van der Waals surface area contributed by atoms with Gasteiger partial charge in [0.15, 0.2) is 0 Å². The Morgan fingerprint density at radius 3 is 1.93 bits per heavy atom. The van der Waals surface area contributed by atoms with Crippen molar-refractivity contribution >= 4 is 12.2 Å². The average molecular weight is 212 g/mol. The van der Waals surface area contributed by atoms with Crippen molar-refractivity contribution in [2.75, 3.05) is 6.54 Å². The number of unbranched alkanes of at least 4 members (excludes halogenated alkanes) is 6. The zero-order chi connectivity index (χ0) is 11.8. The van der Waals surface area contributed by atoms with Gasteiger partial charge in [0.2, 0.25) is 12.2 Å². The molecule has 0 saturated carbocycles. The van der Waals surface area contributed by atoms with E-state index < -0.39 is 0 Å². The number of nitrogens with one attached hydrogen (secondary N) is 1. The van der Waals surface area contributed by atoms with Crippen molar-refractivity contribution in [3.63, 3.8) is 0 Å². The summed E-state index contributed by atoms with van der Waals surface area (Å²) in [4.78, 5) is 21.5. The van der Waals surface area contributed by atoms with E-state index in [1.807, 2.05) is 0 Å². The Hall–Kier alpha value is -1.24. The first kappa shape index (κ1) is 16.2. The van der Waals surface area contributed by atoms with Crippen LogP contribution in [0.1, 0.15) is 51.9 Å². The molecule has 86 valence electrons. The fourth-order valence-electron chi connectivity index (χ4n) is 1.19. The van der Waals surface area contributed by atoms with Gasteiger partial charge in [0.05, 0.1) is 6.54 Å². The van der Waals surface area contributed by atoms with Crippen molar-refractivity contribution in [1.29, 1.82) is 5.41 Å². The molecule has 0 aliphatic carbocycles. The highest BCUT2D eigenvalue weighted by molar-refractivity contribution is 5.32. The number of carbonyl (C=O) groups excluding carboxylic acids is 2. The zero-order valence-corrected chi connectivity index (χ0v) is 9.42. The van der Waals surface area contributed by atoms with E-state index in [0.29, 0.717) is 6.54 Å². The topological polar surface area (TPSA) is 70.3 Å². The molecule has 0 aliphatic rings. The largest absolute Gasteiger partial charge is 0.234 e. The summed E-state index contributed by atoms with van der Waals surface area (Å²) in [5, 5.41) is 5.40. The van der Waals surface area contributed by atoms with Gasteiger partial charge in [-0.15, -0.1) is 0 Å².